The number of halogens is 1. The molecule has 1 heterocycles. The van der Waals surface area contributed by atoms with Gasteiger partial charge in [-0.1, -0.05) is 11.6 Å². The lowest BCUT2D eigenvalue weighted by Gasteiger charge is -2.13. The van der Waals surface area contributed by atoms with Gasteiger partial charge in [0.2, 0.25) is 0 Å². The topological polar surface area (TPSA) is 55.1 Å². The Kier molecular flexibility index (Phi) is 4.12. The molecule has 1 atom stereocenters. The predicted molar refractivity (Wildman–Crippen MR) is 80.8 cm³/mol. The van der Waals surface area contributed by atoms with Crippen molar-refractivity contribution in [3.05, 3.63) is 50.7 Å². The number of rotatable bonds is 3. The quantitative estimate of drug-likeness (QED) is 0.846. The number of carbonyl (C=O) groups excluding carboxylic acids is 1. The molecular weight excluding hydrogens is 280 g/mol. The average Bonchev–Trinajstić information content (AvgIpc) is 2.74. The second-order valence-electron chi connectivity index (χ2n) is 4.47. The number of hydrogen-bond donors (Lipinski definition) is 2. The molecule has 1 amide bonds. The van der Waals surface area contributed by atoms with Gasteiger partial charge in [0.05, 0.1) is 10.4 Å². The summed E-state index contributed by atoms with van der Waals surface area (Å²) >= 11 is 7.35. The van der Waals surface area contributed by atoms with E-state index in [0.717, 1.165) is 14.8 Å². The first-order valence-corrected chi connectivity index (χ1v) is 7.08. The van der Waals surface area contributed by atoms with Crippen molar-refractivity contribution in [3.63, 3.8) is 0 Å². The summed E-state index contributed by atoms with van der Waals surface area (Å²) in [5.74, 6) is -0.132. The lowest BCUT2D eigenvalue weighted by molar-refractivity contribution is 0.0940. The average molecular weight is 295 g/mol. The summed E-state index contributed by atoms with van der Waals surface area (Å²) in [7, 11) is 0. The van der Waals surface area contributed by atoms with Crippen molar-refractivity contribution in [1.82, 2.24) is 5.32 Å². The molecular formula is C14H15ClN2OS. The minimum Gasteiger partial charge on any atom is -0.399 e. The lowest BCUT2D eigenvalue weighted by atomic mass is 10.1. The second kappa shape index (κ2) is 5.63. The molecule has 1 aromatic carbocycles. The van der Waals surface area contributed by atoms with Crippen LogP contribution >= 0.6 is 22.9 Å². The normalized spacial score (nSPS) is 12.2. The van der Waals surface area contributed by atoms with E-state index in [9.17, 15) is 4.79 Å². The summed E-state index contributed by atoms with van der Waals surface area (Å²) in [6.07, 6.45) is 0. The highest BCUT2D eigenvalue weighted by Crippen LogP contribution is 2.26. The third-order valence-electron chi connectivity index (χ3n) is 2.73. The summed E-state index contributed by atoms with van der Waals surface area (Å²) in [5.41, 5.74) is 7.89. The fourth-order valence-corrected chi connectivity index (χ4v) is 2.92. The zero-order valence-corrected chi connectivity index (χ0v) is 12.3. The first-order valence-electron chi connectivity index (χ1n) is 5.89. The van der Waals surface area contributed by atoms with Crippen LogP contribution in [0.25, 0.3) is 0 Å². The maximum absolute atomic E-state index is 12.1. The van der Waals surface area contributed by atoms with Crippen LogP contribution in [0, 0.1) is 6.92 Å². The van der Waals surface area contributed by atoms with Crippen molar-refractivity contribution < 1.29 is 4.79 Å². The Labute approximate surface area is 121 Å². The van der Waals surface area contributed by atoms with Crippen LogP contribution < -0.4 is 11.1 Å². The van der Waals surface area contributed by atoms with E-state index in [4.69, 9.17) is 17.3 Å². The van der Waals surface area contributed by atoms with Gasteiger partial charge in [-0.2, -0.15) is 0 Å². The first kappa shape index (κ1) is 13.9. The van der Waals surface area contributed by atoms with E-state index in [0.29, 0.717) is 11.3 Å². The van der Waals surface area contributed by atoms with Crippen LogP contribution in [0.3, 0.4) is 0 Å². The Morgan fingerprint density at radius 1 is 1.37 bits per heavy atom. The number of carbonyl (C=O) groups is 1. The minimum atomic E-state index is -0.132. The standard InChI is InChI=1S/C14H15ClN2OS/c1-8-5-10(7-11(16)6-8)14(18)17-9(2)12-3-4-13(15)19-12/h3-7,9H,16H2,1-2H3,(H,17,18). The molecule has 0 saturated heterocycles. The number of hydrogen-bond acceptors (Lipinski definition) is 3. The van der Waals surface area contributed by atoms with Crippen molar-refractivity contribution in [1.29, 1.82) is 0 Å². The summed E-state index contributed by atoms with van der Waals surface area (Å²) in [6, 6.07) is 9.00. The number of thiophene rings is 1. The number of benzene rings is 1. The third kappa shape index (κ3) is 3.49. The molecule has 0 aliphatic heterocycles. The van der Waals surface area contributed by atoms with E-state index in [1.807, 2.05) is 38.1 Å². The Balaban J connectivity index is 2.12. The summed E-state index contributed by atoms with van der Waals surface area (Å²) < 4.78 is 0.718. The van der Waals surface area contributed by atoms with E-state index in [1.54, 1.807) is 6.07 Å². The van der Waals surface area contributed by atoms with E-state index in [2.05, 4.69) is 5.32 Å². The molecule has 0 fully saturated rings. The van der Waals surface area contributed by atoms with Gasteiger partial charge in [-0.3, -0.25) is 4.79 Å². The van der Waals surface area contributed by atoms with Crippen LogP contribution in [-0.4, -0.2) is 5.91 Å². The van der Waals surface area contributed by atoms with Crippen LogP contribution in [0.1, 0.15) is 33.8 Å². The van der Waals surface area contributed by atoms with Gasteiger partial charge in [-0.15, -0.1) is 11.3 Å². The molecule has 19 heavy (non-hydrogen) atoms. The molecule has 0 aliphatic rings. The molecule has 5 heteroatoms. The van der Waals surface area contributed by atoms with Gasteiger partial charge in [0.1, 0.15) is 0 Å². The molecule has 3 nitrogen and oxygen atoms in total. The number of amides is 1. The highest BCUT2D eigenvalue weighted by atomic mass is 35.5. The maximum atomic E-state index is 12.1. The third-order valence-corrected chi connectivity index (χ3v) is 4.14. The first-order chi connectivity index (χ1) is 8.95. The van der Waals surface area contributed by atoms with Crippen molar-refractivity contribution in [3.8, 4) is 0 Å². The smallest absolute Gasteiger partial charge is 0.251 e. The molecule has 1 unspecified atom stereocenters. The highest BCUT2D eigenvalue weighted by molar-refractivity contribution is 7.16. The van der Waals surface area contributed by atoms with Crippen LogP contribution in [0.15, 0.2) is 30.3 Å². The molecule has 2 aromatic rings. The van der Waals surface area contributed by atoms with E-state index >= 15 is 0 Å². The van der Waals surface area contributed by atoms with E-state index < -0.39 is 0 Å². The largest absolute Gasteiger partial charge is 0.399 e. The SMILES string of the molecule is Cc1cc(N)cc(C(=O)NC(C)c2ccc(Cl)s2)c1. The van der Waals surface area contributed by atoms with Gasteiger partial charge in [-0.25, -0.2) is 0 Å². The van der Waals surface area contributed by atoms with Gasteiger partial charge >= 0.3 is 0 Å². The Morgan fingerprint density at radius 3 is 2.68 bits per heavy atom. The van der Waals surface area contributed by atoms with Crippen LogP contribution in [0.5, 0.6) is 0 Å². The Bertz CT molecular complexity index is 589. The fraction of sp³-hybridized carbons (Fsp3) is 0.214. The number of anilines is 1. The summed E-state index contributed by atoms with van der Waals surface area (Å²) in [6.45, 7) is 3.84. The molecule has 0 saturated carbocycles. The summed E-state index contributed by atoms with van der Waals surface area (Å²) in [5, 5.41) is 2.94. The Hall–Kier alpha value is -1.52. The van der Waals surface area contributed by atoms with Crippen LogP contribution in [0.2, 0.25) is 4.34 Å². The van der Waals surface area contributed by atoms with Gasteiger partial charge in [0.25, 0.3) is 5.91 Å². The zero-order chi connectivity index (χ0) is 14.0. The van der Waals surface area contributed by atoms with Crippen molar-refractivity contribution in [2.75, 3.05) is 5.73 Å². The van der Waals surface area contributed by atoms with Crippen molar-refractivity contribution >= 4 is 34.5 Å². The summed E-state index contributed by atoms with van der Waals surface area (Å²) in [4.78, 5) is 13.2. The molecule has 3 N–H and O–H groups in total. The van der Waals surface area contributed by atoms with Gasteiger partial charge in [-0.05, 0) is 49.7 Å². The predicted octanol–water partition coefficient (Wildman–Crippen LogP) is 3.78. The fourth-order valence-electron chi connectivity index (χ4n) is 1.86. The molecule has 100 valence electrons. The molecule has 2 rings (SSSR count). The number of aryl methyl sites for hydroxylation is 1. The van der Waals surface area contributed by atoms with E-state index in [-0.39, 0.29) is 11.9 Å². The highest BCUT2D eigenvalue weighted by Gasteiger charge is 2.13. The molecule has 0 radical (unpaired) electrons. The molecule has 0 aliphatic carbocycles. The van der Waals surface area contributed by atoms with Crippen molar-refractivity contribution in [2.45, 2.75) is 19.9 Å². The number of nitrogen functional groups attached to an aromatic ring is 1. The van der Waals surface area contributed by atoms with E-state index in [1.165, 1.54) is 11.3 Å². The second-order valence-corrected chi connectivity index (χ2v) is 6.22. The molecule has 1 aromatic heterocycles. The Morgan fingerprint density at radius 2 is 2.11 bits per heavy atom. The van der Waals surface area contributed by atoms with Gasteiger partial charge in [0, 0.05) is 16.1 Å². The number of nitrogens with two attached hydrogens (primary N) is 1. The minimum absolute atomic E-state index is 0.0771. The monoisotopic (exact) mass is 294 g/mol. The number of nitrogens with one attached hydrogen (secondary N) is 1. The maximum Gasteiger partial charge on any atom is 0.251 e. The van der Waals surface area contributed by atoms with Crippen molar-refractivity contribution in [2.24, 2.45) is 0 Å². The van der Waals surface area contributed by atoms with Crippen LogP contribution in [0.4, 0.5) is 5.69 Å². The molecule has 0 bridgehead atoms. The zero-order valence-electron chi connectivity index (χ0n) is 10.7. The van der Waals surface area contributed by atoms with Gasteiger partial charge < -0.3 is 11.1 Å². The van der Waals surface area contributed by atoms with Crippen LogP contribution in [-0.2, 0) is 0 Å². The van der Waals surface area contributed by atoms with Gasteiger partial charge in [0.15, 0.2) is 0 Å². The lowest BCUT2D eigenvalue weighted by Crippen LogP contribution is -2.26. The molecule has 0 spiro atoms.